The lowest BCUT2D eigenvalue weighted by Gasteiger charge is -2.24. The molecule has 3 aromatic rings. The number of benzene rings is 3. The molecule has 4 rings (SSSR count). The number of hydrogen-bond donors (Lipinski definition) is 5. The molecule has 1 heterocycles. The number of cyclic esters (lactones) is 1. The van der Waals surface area contributed by atoms with Gasteiger partial charge < -0.3 is 45.1 Å². The molecule has 14 heteroatoms. The molecule has 55 heavy (non-hydrogen) atoms. The normalized spacial score (nSPS) is 15.4. The van der Waals surface area contributed by atoms with Gasteiger partial charge in [0.2, 0.25) is 23.5 Å². The summed E-state index contributed by atoms with van der Waals surface area (Å²) in [4.78, 5) is 63.5. The average molecular weight is 760 g/mol. The van der Waals surface area contributed by atoms with Crippen LogP contribution in [0.1, 0.15) is 98.2 Å². The van der Waals surface area contributed by atoms with Gasteiger partial charge in [0.05, 0.1) is 27.4 Å². The highest BCUT2D eigenvalue weighted by Gasteiger charge is 2.32. The van der Waals surface area contributed by atoms with E-state index < -0.39 is 35.4 Å². The minimum atomic E-state index is -1.08. The quantitative estimate of drug-likeness (QED) is 0.131. The number of methoxy groups -OCH3 is 3. The minimum absolute atomic E-state index is 0.0423. The van der Waals surface area contributed by atoms with E-state index in [1.165, 1.54) is 34.3 Å². The van der Waals surface area contributed by atoms with Gasteiger partial charge in [-0.1, -0.05) is 12.2 Å². The van der Waals surface area contributed by atoms with Crippen LogP contribution in [0.25, 0.3) is 6.08 Å². The molecule has 0 bridgehead atoms. The van der Waals surface area contributed by atoms with Crippen molar-refractivity contribution in [3.05, 3.63) is 70.8 Å². The fraction of sp³-hybridized carbons (Fsp3) is 0.390. The Balaban J connectivity index is 1.67. The molecular formula is C41H49N3O11. The number of ether oxygens (including phenoxy) is 4. The first-order valence-corrected chi connectivity index (χ1v) is 18.1. The Morgan fingerprint density at radius 2 is 1.53 bits per heavy atom. The number of fused-ring (bicyclic) bond motifs is 1. The minimum Gasteiger partial charge on any atom is -0.507 e. The molecule has 5 N–H and O–H groups in total. The van der Waals surface area contributed by atoms with E-state index in [1.54, 1.807) is 55.5 Å². The summed E-state index contributed by atoms with van der Waals surface area (Å²) in [5.74, 6) is -3.11. The van der Waals surface area contributed by atoms with Crippen LogP contribution >= 0.6 is 0 Å². The summed E-state index contributed by atoms with van der Waals surface area (Å²) in [6.07, 6.45) is 5.25. The van der Waals surface area contributed by atoms with Gasteiger partial charge in [0.1, 0.15) is 22.8 Å². The molecule has 294 valence electrons. The van der Waals surface area contributed by atoms with Crippen molar-refractivity contribution in [3.8, 4) is 28.7 Å². The van der Waals surface area contributed by atoms with Crippen LogP contribution in [0.4, 0.5) is 11.4 Å². The molecule has 1 aliphatic heterocycles. The van der Waals surface area contributed by atoms with Crippen molar-refractivity contribution in [1.82, 2.24) is 5.32 Å². The molecule has 3 aromatic carbocycles. The van der Waals surface area contributed by atoms with E-state index in [0.717, 1.165) is 0 Å². The fourth-order valence-electron chi connectivity index (χ4n) is 6.34. The van der Waals surface area contributed by atoms with Crippen molar-refractivity contribution >= 4 is 46.9 Å². The van der Waals surface area contributed by atoms with Gasteiger partial charge >= 0.3 is 5.97 Å². The van der Waals surface area contributed by atoms with Gasteiger partial charge in [-0.25, -0.2) is 4.79 Å². The van der Waals surface area contributed by atoms with Crippen LogP contribution in [0.2, 0.25) is 0 Å². The predicted octanol–water partition coefficient (Wildman–Crippen LogP) is 6.23. The van der Waals surface area contributed by atoms with Crippen molar-refractivity contribution in [1.29, 1.82) is 0 Å². The van der Waals surface area contributed by atoms with Gasteiger partial charge in [0, 0.05) is 62.0 Å². The third kappa shape index (κ3) is 11.5. The van der Waals surface area contributed by atoms with Crippen molar-refractivity contribution in [2.45, 2.75) is 77.2 Å². The Bertz CT molecular complexity index is 1880. The van der Waals surface area contributed by atoms with E-state index in [0.29, 0.717) is 55.5 Å². The summed E-state index contributed by atoms with van der Waals surface area (Å²) in [5.41, 5.74) is 1.34. The van der Waals surface area contributed by atoms with Crippen LogP contribution in [0, 0.1) is 0 Å². The van der Waals surface area contributed by atoms with Crippen LogP contribution in [-0.2, 0) is 23.9 Å². The summed E-state index contributed by atoms with van der Waals surface area (Å²) in [7, 11) is 4.28. The molecular weight excluding hydrogens is 710 g/mol. The Morgan fingerprint density at radius 3 is 2.15 bits per heavy atom. The first-order chi connectivity index (χ1) is 26.3. The lowest BCUT2D eigenvalue weighted by molar-refractivity contribution is -0.122. The summed E-state index contributed by atoms with van der Waals surface area (Å²) in [6, 6.07) is 11.0. The predicted molar refractivity (Wildman–Crippen MR) is 206 cm³/mol. The molecule has 0 radical (unpaired) electrons. The number of rotatable bonds is 12. The Kier molecular flexibility index (Phi) is 15.1. The van der Waals surface area contributed by atoms with Gasteiger partial charge in [-0.05, 0) is 86.2 Å². The maximum absolute atomic E-state index is 13.7. The highest BCUT2D eigenvalue weighted by Crippen LogP contribution is 2.47. The number of carbonyl (C=O) groups is 5. The summed E-state index contributed by atoms with van der Waals surface area (Å²) in [5, 5.41) is 31.6. The zero-order valence-electron chi connectivity index (χ0n) is 31.8. The van der Waals surface area contributed by atoms with Crippen LogP contribution < -0.4 is 30.2 Å². The van der Waals surface area contributed by atoms with Crippen LogP contribution in [0.15, 0.2) is 48.5 Å². The van der Waals surface area contributed by atoms with Gasteiger partial charge in [0.15, 0.2) is 11.5 Å². The zero-order valence-corrected chi connectivity index (χ0v) is 31.8. The zero-order chi connectivity index (χ0) is 40.1. The SMILES string of the molecule is COc1cc(C(CC(=O)NCCC(=O)Nc2ccc(NC(C)=O)cc2)c2c(O)cc3c(c2O)C(=O)O[C@@H](C)CCCC(=O)CCCC=C3)cc(OC)c1OC. The summed E-state index contributed by atoms with van der Waals surface area (Å²) < 4.78 is 22.3. The maximum atomic E-state index is 13.7. The number of amides is 3. The highest BCUT2D eigenvalue weighted by molar-refractivity contribution is 5.98. The number of allylic oxidation sites excluding steroid dienone is 1. The van der Waals surface area contributed by atoms with E-state index in [9.17, 15) is 34.2 Å². The molecule has 2 atom stereocenters. The van der Waals surface area contributed by atoms with Gasteiger partial charge in [0.25, 0.3) is 0 Å². The number of Topliss-reactive ketones (excluding diaryl/α,β-unsaturated/α-hetero) is 1. The van der Waals surface area contributed by atoms with Gasteiger partial charge in [-0.3, -0.25) is 19.2 Å². The van der Waals surface area contributed by atoms with Crippen molar-refractivity contribution in [2.24, 2.45) is 0 Å². The van der Waals surface area contributed by atoms with Crippen molar-refractivity contribution in [3.63, 3.8) is 0 Å². The molecule has 14 nitrogen and oxygen atoms in total. The van der Waals surface area contributed by atoms with E-state index in [4.69, 9.17) is 18.9 Å². The molecule has 0 saturated carbocycles. The number of ketones is 1. The molecule has 0 aromatic heterocycles. The first-order valence-electron chi connectivity index (χ1n) is 18.1. The van der Waals surface area contributed by atoms with Gasteiger partial charge in [-0.2, -0.15) is 0 Å². The maximum Gasteiger partial charge on any atom is 0.342 e. The number of phenols is 2. The van der Waals surface area contributed by atoms with Crippen LogP contribution in [0.3, 0.4) is 0 Å². The largest absolute Gasteiger partial charge is 0.507 e. The topological polar surface area (TPSA) is 199 Å². The molecule has 0 aliphatic carbocycles. The second-order valence-corrected chi connectivity index (χ2v) is 13.2. The molecule has 1 aliphatic rings. The molecule has 1 unspecified atom stereocenters. The fourth-order valence-corrected chi connectivity index (χ4v) is 6.34. The Hall–Kier alpha value is -6.05. The standard InChI is InChI=1S/C41H49N3O11/c1-24-10-9-13-30(46)12-8-6-7-11-26-20-32(47)38(39(50)37(26)41(51)55-24)31(27-21-33(52-3)40(54-5)34(22-27)53-4)23-36(49)42-19-18-35(48)44-29-16-14-28(15-17-29)43-25(2)45/h7,11,14-17,20-22,24,31,47,50H,6,8-10,12-13,18-19,23H2,1-5H3,(H,42,49)(H,43,45)(H,44,48)/t24-,31?/m0/s1. The van der Waals surface area contributed by atoms with Crippen LogP contribution in [-0.4, -0.2) is 73.7 Å². The van der Waals surface area contributed by atoms with E-state index in [1.807, 2.05) is 0 Å². The number of hydrogen-bond acceptors (Lipinski definition) is 11. The second kappa shape index (κ2) is 19.9. The number of nitrogens with one attached hydrogen (secondary N) is 3. The second-order valence-electron chi connectivity index (χ2n) is 13.2. The Morgan fingerprint density at radius 1 is 0.891 bits per heavy atom. The number of phenolic OH excluding ortho intramolecular Hbond substituents is 2. The van der Waals surface area contributed by atoms with Gasteiger partial charge in [-0.15, -0.1) is 0 Å². The van der Waals surface area contributed by atoms with Crippen LogP contribution in [0.5, 0.6) is 28.7 Å². The molecule has 0 spiro atoms. The van der Waals surface area contributed by atoms with E-state index in [2.05, 4.69) is 16.0 Å². The van der Waals surface area contributed by atoms with E-state index >= 15 is 0 Å². The third-order valence-corrected chi connectivity index (χ3v) is 9.04. The third-order valence-electron chi connectivity index (χ3n) is 9.04. The average Bonchev–Trinajstić information content (AvgIpc) is 3.13. The number of anilines is 2. The van der Waals surface area contributed by atoms with E-state index in [-0.39, 0.29) is 70.9 Å². The first kappa shape index (κ1) is 41.7. The number of carbonyl (C=O) groups excluding carboxylic acids is 5. The Labute approximate surface area is 320 Å². The lowest BCUT2D eigenvalue weighted by atomic mass is 9.84. The number of esters is 1. The molecule has 0 saturated heterocycles. The summed E-state index contributed by atoms with van der Waals surface area (Å²) in [6.45, 7) is 3.05. The highest BCUT2D eigenvalue weighted by atomic mass is 16.5. The van der Waals surface area contributed by atoms with Crippen molar-refractivity contribution in [2.75, 3.05) is 38.5 Å². The monoisotopic (exact) mass is 759 g/mol. The lowest BCUT2D eigenvalue weighted by Crippen LogP contribution is -2.29. The molecule has 3 amide bonds. The van der Waals surface area contributed by atoms with Crippen molar-refractivity contribution < 1.29 is 53.1 Å². The molecule has 0 fully saturated rings. The smallest absolute Gasteiger partial charge is 0.342 e. The summed E-state index contributed by atoms with van der Waals surface area (Å²) >= 11 is 0. The number of aromatic hydroxyl groups is 2.